The van der Waals surface area contributed by atoms with Gasteiger partial charge in [0, 0.05) is 18.4 Å². The Balaban J connectivity index is 2.00. The maximum Gasteiger partial charge on any atom is 0.303 e. The lowest BCUT2D eigenvalue weighted by molar-refractivity contribution is -0.137. The van der Waals surface area contributed by atoms with E-state index in [9.17, 15) is 9.59 Å². The number of unbranched alkanes of at least 4 members (excludes halogenated alkanes) is 6. The molecule has 0 aromatic heterocycles. The molecular weight excluding hydrogens is 264 g/mol. The Hall–Kier alpha value is -1.64. The highest BCUT2D eigenvalue weighted by Gasteiger charge is 2.04. The first-order valence-corrected chi connectivity index (χ1v) is 7.91. The van der Waals surface area contributed by atoms with Gasteiger partial charge in [0.2, 0.25) is 0 Å². The number of carbonyl (C=O) groups is 2. The molecule has 0 fully saturated rings. The highest BCUT2D eigenvalue weighted by atomic mass is 16.4. The van der Waals surface area contributed by atoms with Crippen LogP contribution in [0.5, 0.6) is 0 Å². The van der Waals surface area contributed by atoms with Crippen molar-refractivity contribution in [1.82, 2.24) is 0 Å². The number of hydrogen-bond donors (Lipinski definition) is 1. The molecule has 0 saturated carbocycles. The summed E-state index contributed by atoms with van der Waals surface area (Å²) < 4.78 is 0. The van der Waals surface area contributed by atoms with E-state index in [0.717, 1.165) is 50.5 Å². The third kappa shape index (κ3) is 8.28. The first-order chi connectivity index (χ1) is 10.1. The number of carboxylic acid groups (broad SMARTS) is 1. The van der Waals surface area contributed by atoms with Gasteiger partial charge in [-0.05, 0) is 19.8 Å². The van der Waals surface area contributed by atoms with Gasteiger partial charge < -0.3 is 5.11 Å². The summed E-state index contributed by atoms with van der Waals surface area (Å²) in [6.45, 7) is 2.02. The Labute approximate surface area is 127 Å². The topological polar surface area (TPSA) is 54.4 Å². The van der Waals surface area contributed by atoms with E-state index in [4.69, 9.17) is 5.11 Å². The summed E-state index contributed by atoms with van der Waals surface area (Å²) >= 11 is 0. The van der Waals surface area contributed by atoms with Crippen LogP contribution in [0.15, 0.2) is 24.3 Å². The quantitative estimate of drug-likeness (QED) is 0.471. The van der Waals surface area contributed by atoms with Gasteiger partial charge in [0.1, 0.15) is 0 Å². The van der Waals surface area contributed by atoms with E-state index in [-0.39, 0.29) is 12.2 Å². The van der Waals surface area contributed by atoms with E-state index in [0.29, 0.717) is 6.42 Å². The predicted octanol–water partition coefficient (Wildman–Crippen LogP) is 4.77. The zero-order valence-corrected chi connectivity index (χ0v) is 12.9. The Kier molecular flexibility index (Phi) is 8.41. The van der Waals surface area contributed by atoms with Crippen molar-refractivity contribution < 1.29 is 14.7 Å². The van der Waals surface area contributed by atoms with Crippen LogP contribution in [0, 0.1) is 6.92 Å². The fraction of sp³-hybridized carbons (Fsp3) is 0.556. The number of hydrogen-bond acceptors (Lipinski definition) is 2. The fourth-order valence-corrected chi connectivity index (χ4v) is 2.33. The summed E-state index contributed by atoms with van der Waals surface area (Å²) in [6, 6.07) is 7.76. The minimum Gasteiger partial charge on any atom is -0.481 e. The van der Waals surface area contributed by atoms with Crippen LogP contribution in [0.1, 0.15) is 73.7 Å². The molecule has 116 valence electrons. The summed E-state index contributed by atoms with van der Waals surface area (Å²) in [5.41, 5.74) is 1.99. The van der Waals surface area contributed by atoms with Gasteiger partial charge in [0.05, 0.1) is 0 Å². The average molecular weight is 290 g/mol. The molecule has 1 N–H and O–H groups in total. The Bertz CT molecular complexity index is 434. The molecule has 0 aliphatic heterocycles. The molecule has 0 radical (unpaired) electrons. The van der Waals surface area contributed by atoms with Gasteiger partial charge in [-0.3, -0.25) is 9.59 Å². The van der Waals surface area contributed by atoms with Gasteiger partial charge in [-0.2, -0.15) is 0 Å². The lowest BCUT2D eigenvalue weighted by Gasteiger charge is -2.03. The van der Waals surface area contributed by atoms with E-state index in [2.05, 4.69) is 0 Å². The highest BCUT2D eigenvalue weighted by Crippen LogP contribution is 2.12. The molecule has 0 heterocycles. The average Bonchev–Trinajstić information content (AvgIpc) is 2.45. The number of benzene rings is 1. The second-order valence-corrected chi connectivity index (χ2v) is 5.66. The number of aliphatic carboxylic acids is 1. The smallest absolute Gasteiger partial charge is 0.303 e. The van der Waals surface area contributed by atoms with Crippen LogP contribution < -0.4 is 0 Å². The number of aryl methyl sites for hydroxylation is 1. The SMILES string of the molecule is Cc1ccc(C(=O)CCCCCCCCCC(=O)O)cc1. The van der Waals surface area contributed by atoms with Gasteiger partial charge in [-0.1, -0.05) is 61.9 Å². The predicted molar refractivity (Wildman–Crippen MR) is 84.7 cm³/mol. The molecule has 0 amide bonds. The molecule has 0 saturated heterocycles. The second-order valence-electron chi connectivity index (χ2n) is 5.66. The lowest BCUT2D eigenvalue weighted by atomic mass is 10.0. The van der Waals surface area contributed by atoms with E-state index in [1.807, 2.05) is 31.2 Å². The van der Waals surface area contributed by atoms with Crippen molar-refractivity contribution in [3.8, 4) is 0 Å². The molecule has 1 aromatic rings. The Morgan fingerprint density at radius 3 is 1.81 bits per heavy atom. The molecular formula is C18H26O3. The minimum absolute atomic E-state index is 0.233. The molecule has 0 aliphatic rings. The molecule has 3 nitrogen and oxygen atoms in total. The van der Waals surface area contributed by atoms with Gasteiger partial charge in [-0.15, -0.1) is 0 Å². The van der Waals surface area contributed by atoms with Crippen molar-refractivity contribution in [2.75, 3.05) is 0 Å². The van der Waals surface area contributed by atoms with Crippen LogP contribution >= 0.6 is 0 Å². The first-order valence-electron chi connectivity index (χ1n) is 7.91. The Morgan fingerprint density at radius 2 is 1.29 bits per heavy atom. The van der Waals surface area contributed by atoms with Crippen LogP contribution in [0.25, 0.3) is 0 Å². The molecule has 1 aromatic carbocycles. The molecule has 1 rings (SSSR count). The highest BCUT2D eigenvalue weighted by molar-refractivity contribution is 5.96. The summed E-state index contributed by atoms with van der Waals surface area (Å²) in [5, 5.41) is 8.52. The standard InChI is InChI=1S/C18H26O3/c1-15-11-13-16(14-12-15)17(19)9-7-5-3-2-4-6-8-10-18(20)21/h11-14H,2-10H2,1H3,(H,20,21). The third-order valence-corrected chi connectivity index (χ3v) is 3.67. The van der Waals surface area contributed by atoms with Gasteiger partial charge >= 0.3 is 5.97 Å². The maximum absolute atomic E-state index is 11.9. The summed E-state index contributed by atoms with van der Waals surface area (Å²) in [7, 11) is 0. The zero-order valence-electron chi connectivity index (χ0n) is 12.9. The lowest BCUT2D eigenvalue weighted by Crippen LogP contribution is -1.98. The summed E-state index contributed by atoms with van der Waals surface area (Å²) in [5.74, 6) is -0.471. The van der Waals surface area contributed by atoms with Crippen molar-refractivity contribution in [1.29, 1.82) is 0 Å². The molecule has 0 unspecified atom stereocenters. The monoisotopic (exact) mass is 290 g/mol. The normalized spacial score (nSPS) is 10.5. The third-order valence-electron chi connectivity index (χ3n) is 3.67. The maximum atomic E-state index is 11.9. The van der Waals surface area contributed by atoms with Crippen LogP contribution in [-0.4, -0.2) is 16.9 Å². The second kappa shape index (κ2) is 10.1. The van der Waals surface area contributed by atoms with Crippen LogP contribution in [0.2, 0.25) is 0 Å². The molecule has 0 bridgehead atoms. The van der Waals surface area contributed by atoms with Crippen molar-refractivity contribution >= 4 is 11.8 Å². The van der Waals surface area contributed by atoms with Gasteiger partial charge in [-0.25, -0.2) is 0 Å². The minimum atomic E-state index is -0.704. The Morgan fingerprint density at radius 1 is 0.810 bits per heavy atom. The van der Waals surface area contributed by atoms with Crippen molar-refractivity contribution in [2.45, 2.75) is 64.7 Å². The zero-order chi connectivity index (χ0) is 15.5. The largest absolute Gasteiger partial charge is 0.481 e. The fourth-order valence-electron chi connectivity index (χ4n) is 2.33. The number of rotatable bonds is 11. The summed E-state index contributed by atoms with van der Waals surface area (Å²) in [4.78, 5) is 22.3. The number of Topliss-reactive ketones (excluding diaryl/α,β-unsaturated/α-hetero) is 1. The van der Waals surface area contributed by atoms with Crippen LogP contribution in [-0.2, 0) is 4.79 Å². The van der Waals surface area contributed by atoms with Crippen molar-refractivity contribution in [3.63, 3.8) is 0 Å². The van der Waals surface area contributed by atoms with Crippen LogP contribution in [0.3, 0.4) is 0 Å². The van der Waals surface area contributed by atoms with Gasteiger partial charge in [0.15, 0.2) is 5.78 Å². The molecule has 0 aliphatic carbocycles. The van der Waals surface area contributed by atoms with Crippen LogP contribution in [0.4, 0.5) is 0 Å². The van der Waals surface area contributed by atoms with E-state index >= 15 is 0 Å². The number of ketones is 1. The molecule has 0 atom stereocenters. The van der Waals surface area contributed by atoms with E-state index in [1.54, 1.807) is 0 Å². The molecule has 0 spiro atoms. The first kappa shape index (κ1) is 17.4. The van der Waals surface area contributed by atoms with Crippen molar-refractivity contribution in [2.24, 2.45) is 0 Å². The molecule has 21 heavy (non-hydrogen) atoms. The van der Waals surface area contributed by atoms with E-state index < -0.39 is 5.97 Å². The van der Waals surface area contributed by atoms with Crippen molar-refractivity contribution in [3.05, 3.63) is 35.4 Å². The summed E-state index contributed by atoms with van der Waals surface area (Å²) in [6.07, 6.45) is 8.08. The van der Waals surface area contributed by atoms with Gasteiger partial charge in [0.25, 0.3) is 0 Å². The van der Waals surface area contributed by atoms with E-state index in [1.165, 1.54) is 5.56 Å². The number of carbonyl (C=O) groups excluding carboxylic acids is 1. The molecule has 3 heteroatoms. The number of carboxylic acids is 1.